The van der Waals surface area contributed by atoms with Gasteiger partial charge in [-0.15, -0.1) is 0 Å². The number of ether oxygens (including phenoxy) is 1. The highest BCUT2D eigenvalue weighted by Gasteiger charge is 2.09. The van der Waals surface area contributed by atoms with E-state index in [1.165, 1.54) is 19.2 Å². The van der Waals surface area contributed by atoms with E-state index in [0.29, 0.717) is 18.2 Å². The molecule has 112 valence electrons. The summed E-state index contributed by atoms with van der Waals surface area (Å²) < 4.78 is 32.1. The van der Waals surface area contributed by atoms with Gasteiger partial charge in [0.05, 0.1) is 13.3 Å². The predicted molar refractivity (Wildman–Crippen MR) is 77.0 cm³/mol. The predicted octanol–water partition coefficient (Wildman–Crippen LogP) is 3.33. The maximum absolute atomic E-state index is 13.7. The average molecular weight is 294 g/mol. The highest BCUT2D eigenvalue weighted by atomic mass is 19.1. The van der Waals surface area contributed by atoms with Crippen molar-refractivity contribution in [3.05, 3.63) is 36.0 Å². The zero-order valence-electron chi connectivity index (χ0n) is 11.8. The van der Waals surface area contributed by atoms with Gasteiger partial charge in [-0.05, 0) is 18.6 Å². The fraction of sp³-hybridized carbons (Fsp3) is 0.286. The summed E-state index contributed by atoms with van der Waals surface area (Å²) in [5, 5.41) is 5.67. The third-order valence-electron chi connectivity index (χ3n) is 2.69. The minimum atomic E-state index is -0.617. The first kappa shape index (κ1) is 15.0. The summed E-state index contributed by atoms with van der Waals surface area (Å²) in [6.07, 6.45) is 1.96. The van der Waals surface area contributed by atoms with E-state index in [1.54, 1.807) is 6.07 Å². The molecule has 0 bridgehead atoms. The van der Waals surface area contributed by atoms with E-state index in [-0.39, 0.29) is 11.6 Å². The maximum atomic E-state index is 13.7. The number of rotatable bonds is 6. The van der Waals surface area contributed by atoms with Crippen LogP contribution in [0.25, 0.3) is 0 Å². The Labute approximate surface area is 121 Å². The van der Waals surface area contributed by atoms with Gasteiger partial charge in [0.2, 0.25) is 5.95 Å². The summed E-state index contributed by atoms with van der Waals surface area (Å²) in [5.74, 6) is -0.744. The largest absolute Gasteiger partial charge is 0.494 e. The number of benzene rings is 1. The molecule has 0 saturated carbocycles. The number of hydrogen-bond donors (Lipinski definition) is 2. The van der Waals surface area contributed by atoms with E-state index in [0.717, 1.165) is 12.6 Å². The summed E-state index contributed by atoms with van der Waals surface area (Å²) in [6, 6.07) is 4.23. The highest BCUT2D eigenvalue weighted by Crippen LogP contribution is 2.24. The summed E-state index contributed by atoms with van der Waals surface area (Å²) in [4.78, 5) is 7.85. The van der Waals surface area contributed by atoms with Crippen LogP contribution in [0.2, 0.25) is 0 Å². The molecular formula is C14H16F2N4O. The second-order valence-electron chi connectivity index (χ2n) is 4.29. The van der Waals surface area contributed by atoms with Crippen molar-refractivity contribution in [1.29, 1.82) is 0 Å². The molecule has 5 nitrogen and oxygen atoms in total. The molecule has 1 heterocycles. The van der Waals surface area contributed by atoms with Crippen LogP contribution < -0.4 is 15.4 Å². The van der Waals surface area contributed by atoms with Gasteiger partial charge in [-0.1, -0.05) is 6.92 Å². The Morgan fingerprint density at radius 2 is 2.05 bits per heavy atom. The standard InChI is InChI=1S/C14H16F2N4O/c1-3-6-17-14-18-8-11(16)13(20-14)19-9-4-5-12(21-2)10(15)7-9/h4-5,7-8H,3,6H2,1-2H3,(H2,17,18,19,20). The molecule has 0 spiro atoms. The molecule has 0 fully saturated rings. The normalized spacial score (nSPS) is 10.3. The van der Waals surface area contributed by atoms with Crippen molar-refractivity contribution >= 4 is 17.5 Å². The van der Waals surface area contributed by atoms with Crippen LogP contribution in [0, 0.1) is 11.6 Å². The SMILES string of the molecule is CCCNc1ncc(F)c(Nc2ccc(OC)c(F)c2)n1. The fourth-order valence-electron chi connectivity index (χ4n) is 1.66. The van der Waals surface area contributed by atoms with Crippen LogP contribution in [0.1, 0.15) is 13.3 Å². The first-order valence-electron chi connectivity index (χ1n) is 6.51. The van der Waals surface area contributed by atoms with Gasteiger partial charge in [-0.2, -0.15) is 4.98 Å². The molecule has 0 unspecified atom stereocenters. The van der Waals surface area contributed by atoms with Crippen molar-refractivity contribution in [1.82, 2.24) is 9.97 Å². The fourth-order valence-corrected chi connectivity index (χ4v) is 1.66. The molecule has 0 aliphatic heterocycles. The topological polar surface area (TPSA) is 59.1 Å². The van der Waals surface area contributed by atoms with Gasteiger partial charge in [0.25, 0.3) is 0 Å². The van der Waals surface area contributed by atoms with E-state index in [1.807, 2.05) is 6.92 Å². The Balaban J connectivity index is 2.20. The number of nitrogens with one attached hydrogen (secondary N) is 2. The van der Waals surface area contributed by atoms with Gasteiger partial charge in [-0.25, -0.2) is 13.8 Å². The van der Waals surface area contributed by atoms with Gasteiger partial charge >= 0.3 is 0 Å². The molecule has 2 N–H and O–H groups in total. The van der Waals surface area contributed by atoms with Crippen LogP contribution in [0.5, 0.6) is 5.75 Å². The van der Waals surface area contributed by atoms with E-state index in [9.17, 15) is 8.78 Å². The third kappa shape index (κ3) is 3.77. The number of anilines is 3. The van der Waals surface area contributed by atoms with Gasteiger partial charge in [0.15, 0.2) is 23.2 Å². The summed E-state index contributed by atoms with van der Waals surface area (Å²) in [6.45, 7) is 2.68. The summed E-state index contributed by atoms with van der Waals surface area (Å²) >= 11 is 0. The van der Waals surface area contributed by atoms with E-state index in [2.05, 4.69) is 20.6 Å². The van der Waals surface area contributed by atoms with Crippen LogP contribution in [0.15, 0.2) is 24.4 Å². The second-order valence-corrected chi connectivity index (χ2v) is 4.29. The maximum Gasteiger partial charge on any atom is 0.224 e. The third-order valence-corrected chi connectivity index (χ3v) is 2.69. The van der Waals surface area contributed by atoms with E-state index in [4.69, 9.17) is 4.74 Å². The number of aromatic nitrogens is 2. The van der Waals surface area contributed by atoms with Crippen molar-refractivity contribution < 1.29 is 13.5 Å². The van der Waals surface area contributed by atoms with Gasteiger partial charge < -0.3 is 15.4 Å². The lowest BCUT2D eigenvalue weighted by molar-refractivity contribution is 0.386. The molecule has 0 saturated heterocycles. The molecule has 0 atom stereocenters. The molecule has 2 aromatic rings. The highest BCUT2D eigenvalue weighted by molar-refractivity contribution is 5.58. The zero-order chi connectivity index (χ0) is 15.2. The number of methoxy groups -OCH3 is 1. The Bertz CT molecular complexity index is 622. The Morgan fingerprint density at radius 1 is 1.24 bits per heavy atom. The molecule has 0 aliphatic carbocycles. The average Bonchev–Trinajstić information content (AvgIpc) is 2.48. The lowest BCUT2D eigenvalue weighted by Crippen LogP contribution is -2.07. The van der Waals surface area contributed by atoms with Crippen molar-refractivity contribution in [2.75, 3.05) is 24.3 Å². The van der Waals surface area contributed by atoms with E-state index < -0.39 is 11.6 Å². The quantitative estimate of drug-likeness (QED) is 0.855. The zero-order valence-corrected chi connectivity index (χ0v) is 11.8. The molecule has 21 heavy (non-hydrogen) atoms. The molecule has 7 heteroatoms. The molecule has 0 radical (unpaired) electrons. The lowest BCUT2D eigenvalue weighted by Gasteiger charge is -2.10. The second kappa shape index (κ2) is 6.83. The van der Waals surface area contributed by atoms with Gasteiger partial charge in [-0.3, -0.25) is 0 Å². The van der Waals surface area contributed by atoms with Crippen LogP contribution in [0.4, 0.5) is 26.2 Å². The van der Waals surface area contributed by atoms with Crippen LogP contribution in [-0.4, -0.2) is 23.6 Å². The van der Waals surface area contributed by atoms with Crippen molar-refractivity contribution in [2.45, 2.75) is 13.3 Å². The minimum absolute atomic E-state index is 0.0202. The summed E-state index contributed by atoms with van der Waals surface area (Å²) in [5.41, 5.74) is 0.368. The first-order valence-corrected chi connectivity index (χ1v) is 6.51. The summed E-state index contributed by atoms with van der Waals surface area (Å²) in [7, 11) is 1.38. The number of halogens is 2. The monoisotopic (exact) mass is 294 g/mol. The molecule has 0 amide bonds. The van der Waals surface area contributed by atoms with E-state index >= 15 is 0 Å². The van der Waals surface area contributed by atoms with Crippen LogP contribution >= 0.6 is 0 Å². The van der Waals surface area contributed by atoms with Crippen molar-refractivity contribution in [2.24, 2.45) is 0 Å². The number of hydrogen-bond acceptors (Lipinski definition) is 5. The van der Waals surface area contributed by atoms with Gasteiger partial charge in [0.1, 0.15) is 0 Å². The smallest absolute Gasteiger partial charge is 0.224 e. The minimum Gasteiger partial charge on any atom is -0.494 e. The Morgan fingerprint density at radius 3 is 2.71 bits per heavy atom. The Hall–Kier alpha value is -2.44. The van der Waals surface area contributed by atoms with Gasteiger partial charge in [0, 0.05) is 18.3 Å². The first-order chi connectivity index (χ1) is 10.1. The Kier molecular flexibility index (Phi) is 4.86. The molecule has 2 rings (SSSR count). The molecule has 0 aliphatic rings. The van der Waals surface area contributed by atoms with Crippen molar-refractivity contribution in [3.8, 4) is 5.75 Å². The molecule has 1 aromatic carbocycles. The number of nitrogens with zero attached hydrogens (tertiary/aromatic N) is 2. The lowest BCUT2D eigenvalue weighted by atomic mass is 10.3. The van der Waals surface area contributed by atoms with Crippen LogP contribution in [-0.2, 0) is 0 Å². The van der Waals surface area contributed by atoms with Crippen molar-refractivity contribution in [3.63, 3.8) is 0 Å². The molecule has 1 aromatic heterocycles. The molecular weight excluding hydrogens is 278 g/mol. The van der Waals surface area contributed by atoms with Crippen LogP contribution in [0.3, 0.4) is 0 Å².